The van der Waals surface area contributed by atoms with E-state index in [2.05, 4.69) is 5.32 Å². The van der Waals surface area contributed by atoms with E-state index in [1.54, 1.807) is 13.8 Å². The number of carboxylic acid groups (broad SMARTS) is 1. The van der Waals surface area contributed by atoms with E-state index in [4.69, 9.17) is 0 Å². The molecule has 110 valence electrons. The molecule has 0 spiro atoms. The maximum absolute atomic E-state index is 12.1. The zero-order valence-corrected chi connectivity index (χ0v) is 12.2. The summed E-state index contributed by atoms with van der Waals surface area (Å²) in [5, 5.41) is 12.4. The number of hydrogen-bond donors (Lipinski definition) is 2. The summed E-state index contributed by atoms with van der Waals surface area (Å²) < 4.78 is 0. The Morgan fingerprint density at radius 2 is 2.11 bits per heavy atom. The van der Waals surface area contributed by atoms with Gasteiger partial charge in [-0.3, -0.25) is 9.59 Å². The fourth-order valence-corrected chi connectivity index (χ4v) is 2.50. The van der Waals surface area contributed by atoms with Gasteiger partial charge in [0.2, 0.25) is 5.91 Å². The van der Waals surface area contributed by atoms with Gasteiger partial charge in [-0.05, 0) is 39.2 Å². The Hall–Kier alpha value is -1.10. The van der Waals surface area contributed by atoms with Crippen LogP contribution in [0.15, 0.2) is 0 Å². The third-order valence-corrected chi connectivity index (χ3v) is 4.11. The molecule has 1 aliphatic heterocycles. The minimum absolute atomic E-state index is 0.0434. The zero-order valence-electron chi connectivity index (χ0n) is 12.2. The van der Waals surface area contributed by atoms with E-state index in [0.717, 1.165) is 25.9 Å². The van der Waals surface area contributed by atoms with Crippen LogP contribution in [0.25, 0.3) is 0 Å². The molecule has 5 nitrogen and oxygen atoms in total. The van der Waals surface area contributed by atoms with E-state index in [-0.39, 0.29) is 11.8 Å². The van der Waals surface area contributed by atoms with Gasteiger partial charge in [0, 0.05) is 26.1 Å². The normalized spacial score (nSPS) is 20.4. The van der Waals surface area contributed by atoms with Crippen LogP contribution in [0.3, 0.4) is 0 Å². The van der Waals surface area contributed by atoms with Crippen LogP contribution in [-0.2, 0) is 9.59 Å². The van der Waals surface area contributed by atoms with Gasteiger partial charge in [-0.1, -0.05) is 6.92 Å². The van der Waals surface area contributed by atoms with Crippen LogP contribution in [0.5, 0.6) is 0 Å². The zero-order chi connectivity index (χ0) is 14.5. The molecule has 0 aromatic rings. The van der Waals surface area contributed by atoms with Crippen molar-refractivity contribution in [3.05, 3.63) is 0 Å². The molecule has 1 rings (SSSR count). The predicted molar refractivity (Wildman–Crippen MR) is 73.9 cm³/mol. The Balaban J connectivity index is 2.54. The Morgan fingerprint density at radius 1 is 1.42 bits per heavy atom. The van der Waals surface area contributed by atoms with E-state index in [1.165, 1.54) is 0 Å². The van der Waals surface area contributed by atoms with Gasteiger partial charge in [-0.2, -0.15) is 0 Å². The summed E-state index contributed by atoms with van der Waals surface area (Å²) in [6, 6.07) is 0. The van der Waals surface area contributed by atoms with Crippen molar-refractivity contribution >= 4 is 11.9 Å². The largest absolute Gasteiger partial charge is 0.481 e. The second-order valence-electron chi connectivity index (χ2n) is 5.81. The number of aliphatic carboxylic acids is 1. The van der Waals surface area contributed by atoms with Crippen molar-refractivity contribution in [3.63, 3.8) is 0 Å². The number of nitrogens with zero attached hydrogens (tertiary/aromatic N) is 1. The van der Waals surface area contributed by atoms with Crippen molar-refractivity contribution in [3.8, 4) is 0 Å². The summed E-state index contributed by atoms with van der Waals surface area (Å²) in [7, 11) is 0. The number of nitrogens with one attached hydrogen (secondary N) is 1. The molecule has 2 N–H and O–H groups in total. The van der Waals surface area contributed by atoms with Gasteiger partial charge in [0.15, 0.2) is 0 Å². The Bertz CT molecular complexity index is 329. The molecule has 1 unspecified atom stereocenters. The van der Waals surface area contributed by atoms with Crippen molar-refractivity contribution in [2.75, 3.05) is 26.2 Å². The van der Waals surface area contributed by atoms with E-state index in [1.807, 2.05) is 11.8 Å². The topological polar surface area (TPSA) is 69.6 Å². The minimum Gasteiger partial charge on any atom is -0.481 e. The maximum Gasteiger partial charge on any atom is 0.309 e. The molecule has 0 aromatic carbocycles. The van der Waals surface area contributed by atoms with Crippen molar-refractivity contribution in [2.45, 2.75) is 40.0 Å². The van der Waals surface area contributed by atoms with E-state index >= 15 is 0 Å². The van der Waals surface area contributed by atoms with Crippen LogP contribution >= 0.6 is 0 Å². The Labute approximate surface area is 115 Å². The highest BCUT2D eigenvalue weighted by atomic mass is 16.4. The average molecular weight is 270 g/mol. The quantitative estimate of drug-likeness (QED) is 0.715. The number of rotatable bonds is 6. The van der Waals surface area contributed by atoms with Crippen molar-refractivity contribution in [2.24, 2.45) is 11.3 Å². The number of piperidine rings is 1. The molecule has 0 aromatic heterocycles. The highest BCUT2D eigenvalue weighted by molar-refractivity contribution is 5.77. The predicted octanol–water partition coefficient (Wildman–Crippen LogP) is 1.34. The molecule has 1 heterocycles. The highest BCUT2D eigenvalue weighted by Gasteiger charge is 2.39. The van der Waals surface area contributed by atoms with Crippen molar-refractivity contribution < 1.29 is 14.7 Å². The average Bonchev–Trinajstić information content (AvgIpc) is 2.39. The smallest absolute Gasteiger partial charge is 0.309 e. The summed E-state index contributed by atoms with van der Waals surface area (Å²) in [6.07, 6.45) is 2.28. The first-order valence-corrected chi connectivity index (χ1v) is 7.11. The van der Waals surface area contributed by atoms with Crippen LogP contribution in [0, 0.1) is 11.3 Å². The summed E-state index contributed by atoms with van der Waals surface area (Å²) >= 11 is 0. The van der Waals surface area contributed by atoms with Gasteiger partial charge in [0.05, 0.1) is 5.41 Å². The number of amides is 1. The molecule has 1 fully saturated rings. The third-order valence-electron chi connectivity index (χ3n) is 4.11. The van der Waals surface area contributed by atoms with Crippen LogP contribution in [-0.4, -0.2) is 48.1 Å². The van der Waals surface area contributed by atoms with E-state index in [9.17, 15) is 14.7 Å². The van der Waals surface area contributed by atoms with Gasteiger partial charge < -0.3 is 15.3 Å². The van der Waals surface area contributed by atoms with Crippen LogP contribution in [0.1, 0.15) is 40.0 Å². The molecule has 1 saturated heterocycles. The standard InChI is InChI=1S/C14H26N2O3/c1-4-15-8-7-12(17)16-9-5-6-11(10-16)14(2,3)13(18)19/h11,15H,4-10H2,1-3H3,(H,18,19). The molecule has 1 atom stereocenters. The molecule has 1 aliphatic rings. The molecule has 0 radical (unpaired) electrons. The Kier molecular flexibility index (Phi) is 5.79. The second kappa shape index (κ2) is 6.89. The second-order valence-corrected chi connectivity index (χ2v) is 5.81. The monoisotopic (exact) mass is 270 g/mol. The van der Waals surface area contributed by atoms with Gasteiger partial charge >= 0.3 is 5.97 Å². The first kappa shape index (κ1) is 16.0. The summed E-state index contributed by atoms with van der Waals surface area (Å²) in [4.78, 5) is 25.2. The van der Waals surface area contributed by atoms with Crippen LogP contribution < -0.4 is 5.32 Å². The van der Waals surface area contributed by atoms with Gasteiger partial charge in [-0.25, -0.2) is 0 Å². The molecule has 0 bridgehead atoms. The lowest BCUT2D eigenvalue weighted by molar-refractivity contribution is -0.153. The lowest BCUT2D eigenvalue weighted by Gasteiger charge is -2.39. The number of carbonyl (C=O) groups excluding carboxylic acids is 1. The molecule has 1 amide bonds. The van der Waals surface area contributed by atoms with Crippen molar-refractivity contribution in [1.29, 1.82) is 0 Å². The maximum atomic E-state index is 12.1. The first-order chi connectivity index (χ1) is 8.89. The molecule has 0 saturated carbocycles. The van der Waals surface area contributed by atoms with Crippen LogP contribution in [0.4, 0.5) is 0 Å². The molecule has 0 aliphatic carbocycles. The minimum atomic E-state index is -0.778. The summed E-state index contributed by atoms with van der Waals surface area (Å²) in [5.74, 6) is -0.604. The third kappa shape index (κ3) is 4.20. The lowest BCUT2D eigenvalue weighted by Crippen LogP contribution is -2.47. The van der Waals surface area contributed by atoms with Gasteiger partial charge in [0.25, 0.3) is 0 Å². The molecule has 5 heteroatoms. The number of carbonyl (C=O) groups is 2. The Morgan fingerprint density at radius 3 is 2.68 bits per heavy atom. The van der Waals surface area contributed by atoms with Crippen LogP contribution in [0.2, 0.25) is 0 Å². The number of hydrogen-bond acceptors (Lipinski definition) is 3. The van der Waals surface area contributed by atoms with Gasteiger partial charge in [0.1, 0.15) is 0 Å². The number of carboxylic acids is 1. The molecule has 19 heavy (non-hydrogen) atoms. The molecular weight excluding hydrogens is 244 g/mol. The first-order valence-electron chi connectivity index (χ1n) is 7.11. The van der Waals surface area contributed by atoms with E-state index in [0.29, 0.717) is 19.5 Å². The highest BCUT2D eigenvalue weighted by Crippen LogP contribution is 2.34. The fourth-order valence-electron chi connectivity index (χ4n) is 2.50. The lowest BCUT2D eigenvalue weighted by atomic mass is 9.74. The molecular formula is C14H26N2O3. The number of likely N-dealkylation sites (tertiary alicyclic amines) is 1. The summed E-state index contributed by atoms with van der Waals surface area (Å²) in [6.45, 7) is 8.41. The van der Waals surface area contributed by atoms with Crippen molar-refractivity contribution in [1.82, 2.24) is 10.2 Å². The SMILES string of the molecule is CCNCCC(=O)N1CCCC(C(C)(C)C(=O)O)C1. The van der Waals surface area contributed by atoms with Gasteiger partial charge in [-0.15, -0.1) is 0 Å². The van der Waals surface area contributed by atoms with E-state index < -0.39 is 11.4 Å². The summed E-state index contributed by atoms with van der Waals surface area (Å²) in [5.41, 5.74) is -0.763. The fraction of sp³-hybridized carbons (Fsp3) is 0.857.